The Labute approximate surface area is 87.2 Å². The molecule has 0 fully saturated rings. The van der Waals surface area contributed by atoms with Crippen molar-refractivity contribution in [3.8, 4) is 17.0 Å². The molecule has 2 aromatic heterocycles. The molecule has 2 heterocycles. The van der Waals surface area contributed by atoms with Crippen LogP contribution in [-0.2, 0) is 0 Å². The van der Waals surface area contributed by atoms with Crippen molar-refractivity contribution in [2.24, 2.45) is 0 Å². The normalized spacial score (nSPS) is 10.1. The molecule has 0 unspecified atom stereocenters. The molecule has 3 heteroatoms. The first kappa shape index (κ1) is 9.21. The molecule has 0 saturated heterocycles. The summed E-state index contributed by atoms with van der Waals surface area (Å²) in [5, 5.41) is 2.01. The van der Waals surface area contributed by atoms with E-state index in [1.165, 1.54) is 4.88 Å². The van der Waals surface area contributed by atoms with Gasteiger partial charge in [-0.1, -0.05) is 6.07 Å². The number of pyridine rings is 1. The minimum atomic E-state index is 0.909. The lowest BCUT2D eigenvalue weighted by Gasteiger charge is -2.02. The Bertz CT molecular complexity index is 422. The Hall–Kier alpha value is -1.35. The molecule has 0 bridgehead atoms. The molecule has 0 atom stereocenters. The molecule has 0 radical (unpaired) electrons. The highest BCUT2D eigenvalue weighted by Gasteiger charge is 2.11. The number of aryl methyl sites for hydroxylation is 1. The van der Waals surface area contributed by atoms with Crippen molar-refractivity contribution in [3.63, 3.8) is 0 Å². The molecular formula is C11H11NOS. The van der Waals surface area contributed by atoms with Crippen LogP contribution in [-0.4, -0.2) is 12.1 Å². The third-order valence-corrected chi connectivity index (χ3v) is 2.97. The minimum absolute atomic E-state index is 0.909. The van der Waals surface area contributed by atoms with Crippen LogP contribution in [0, 0.1) is 6.92 Å². The lowest BCUT2D eigenvalue weighted by molar-refractivity contribution is 0.418. The molecule has 2 rings (SSSR count). The summed E-state index contributed by atoms with van der Waals surface area (Å²) in [6.07, 6.45) is 1.80. The van der Waals surface area contributed by atoms with Gasteiger partial charge in [-0.2, -0.15) is 0 Å². The zero-order valence-electron chi connectivity index (χ0n) is 8.15. The van der Waals surface area contributed by atoms with Crippen LogP contribution in [0.2, 0.25) is 0 Å². The quantitative estimate of drug-likeness (QED) is 0.751. The maximum absolute atomic E-state index is 5.29. The monoisotopic (exact) mass is 205 g/mol. The number of methoxy groups -OCH3 is 1. The van der Waals surface area contributed by atoms with Gasteiger partial charge in [-0.15, -0.1) is 11.3 Å². The van der Waals surface area contributed by atoms with Gasteiger partial charge in [-0.05, 0) is 19.1 Å². The van der Waals surface area contributed by atoms with Gasteiger partial charge in [0.15, 0.2) is 0 Å². The van der Waals surface area contributed by atoms with Gasteiger partial charge < -0.3 is 4.74 Å². The molecular weight excluding hydrogens is 194 g/mol. The summed E-state index contributed by atoms with van der Waals surface area (Å²) in [6, 6.07) is 5.90. The van der Waals surface area contributed by atoms with Crippen LogP contribution in [0.15, 0.2) is 29.8 Å². The van der Waals surface area contributed by atoms with Gasteiger partial charge in [-0.25, -0.2) is 0 Å². The van der Waals surface area contributed by atoms with E-state index in [0.29, 0.717) is 0 Å². The first-order chi connectivity index (χ1) is 6.83. The van der Waals surface area contributed by atoms with E-state index < -0.39 is 0 Å². The third kappa shape index (κ3) is 1.51. The molecule has 0 aliphatic carbocycles. The topological polar surface area (TPSA) is 22.1 Å². The summed E-state index contributed by atoms with van der Waals surface area (Å²) in [5.74, 6) is 0.909. The highest BCUT2D eigenvalue weighted by atomic mass is 32.1. The molecule has 0 aliphatic heterocycles. The van der Waals surface area contributed by atoms with Crippen molar-refractivity contribution in [3.05, 3.63) is 34.7 Å². The van der Waals surface area contributed by atoms with Crippen LogP contribution in [0.3, 0.4) is 0 Å². The van der Waals surface area contributed by atoms with Crippen LogP contribution in [0.25, 0.3) is 11.3 Å². The van der Waals surface area contributed by atoms with E-state index in [0.717, 1.165) is 17.0 Å². The standard InChI is InChI=1S/C11H11NOS/c1-8-11(10(13-2)7-14-8)9-5-3-4-6-12-9/h3-7H,1-2H3. The molecule has 14 heavy (non-hydrogen) atoms. The van der Waals surface area contributed by atoms with Gasteiger partial charge >= 0.3 is 0 Å². The van der Waals surface area contributed by atoms with Gasteiger partial charge in [0.2, 0.25) is 0 Å². The summed E-state index contributed by atoms with van der Waals surface area (Å²) in [7, 11) is 1.69. The SMILES string of the molecule is COc1csc(C)c1-c1ccccn1. The number of rotatable bonds is 2. The van der Waals surface area contributed by atoms with E-state index in [1.807, 2.05) is 23.6 Å². The van der Waals surface area contributed by atoms with Crippen LogP contribution < -0.4 is 4.74 Å². The summed E-state index contributed by atoms with van der Waals surface area (Å²) < 4.78 is 5.29. The largest absolute Gasteiger partial charge is 0.495 e. The second-order valence-electron chi connectivity index (χ2n) is 2.95. The van der Waals surface area contributed by atoms with E-state index in [4.69, 9.17) is 4.74 Å². The second-order valence-corrected chi connectivity index (χ2v) is 4.03. The fourth-order valence-corrected chi connectivity index (χ4v) is 2.22. The fourth-order valence-electron chi connectivity index (χ4n) is 1.40. The molecule has 0 spiro atoms. The van der Waals surface area contributed by atoms with Crippen molar-refractivity contribution >= 4 is 11.3 Å². The Morgan fingerprint density at radius 2 is 2.21 bits per heavy atom. The van der Waals surface area contributed by atoms with Gasteiger partial charge in [0.1, 0.15) is 5.75 Å². The molecule has 72 valence electrons. The van der Waals surface area contributed by atoms with Crippen molar-refractivity contribution in [1.82, 2.24) is 4.98 Å². The lowest BCUT2D eigenvalue weighted by atomic mass is 10.1. The number of ether oxygens (including phenoxy) is 1. The van der Waals surface area contributed by atoms with Gasteiger partial charge in [0.25, 0.3) is 0 Å². The number of nitrogens with zero attached hydrogens (tertiary/aromatic N) is 1. The van der Waals surface area contributed by atoms with E-state index in [1.54, 1.807) is 24.6 Å². The first-order valence-corrected chi connectivity index (χ1v) is 5.24. The van der Waals surface area contributed by atoms with Crippen molar-refractivity contribution in [2.75, 3.05) is 7.11 Å². The predicted molar refractivity (Wildman–Crippen MR) is 58.8 cm³/mol. The average molecular weight is 205 g/mol. The Morgan fingerprint density at radius 1 is 1.36 bits per heavy atom. The Kier molecular flexibility index (Phi) is 2.50. The second kappa shape index (κ2) is 3.80. The maximum Gasteiger partial charge on any atom is 0.139 e. The number of hydrogen-bond donors (Lipinski definition) is 0. The van der Waals surface area contributed by atoms with Crippen molar-refractivity contribution in [2.45, 2.75) is 6.92 Å². The van der Waals surface area contributed by atoms with Crippen LogP contribution in [0.1, 0.15) is 4.88 Å². The van der Waals surface area contributed by atoms with Crippen molar-refractivity contribution < 1.29 is 4.74 Å². The lowest BCUT2D eigenvalue weighted by Crippen LogP contribution is -1.86. The van der Waals surface area contributed by atoms with Crippen LogP contribution >= 0.6 is 11.3 Å². The molecule has 0 aromatic carbocycles. The minimum Gasteiger partial charge on any atom is -0.495 e. The van der Waals surface area contributed by atoms with E-state index in [9.17, 15) is 0 Å². The summed E-state index contributed by atoms with van der Waals surface area (Å²) in [6.45, 7) is 2.08. The number of thiophene rings is 1. The molecule has 0 N–H and O–H groups in total. The van der Waals surface area contributed by atoms with Gasteiger partial charge in [0.05, 0.1) is 18.4 Å². The molecule has 2 aromatic rings. The molecule has 0 aliphatic rings. The van der Waals surface area contributed by atoms with Crippen LogP contribution in [0.4, 0.5) is 0 Å². The third-order valence-electron chi connectivity index (χ3n) is 2.08. The predicted octanol–water partition coefficient (Wildman–Crippen LogP) is 3.13. The zero-order valence-corrected chi connectivity index (χ0v) is 8.97. The van der Waals surface area contributed by atoms with Gasteiger partial charge in [0, 0.05) is 16.5 Å². The molecule has 0 amide bonds. The van der Waals surface area contributed by atoms with Crippen molar-refractivity contribution in [1.29, 1.82) is 0 Å². The Morgan fingerprint density at radius 3 is 2.86 bits per heavy atom. The smallest absolute Gasteiger partial charge is 0.139 e. The first-order valence-electron chi connectivity index (χ1n) is 4.36. The maximum atomic E-state index is 5.29. The summed E-state index contributed by atoms with van der Waals surface area (Å²) in [5.41, 5.74) is 2.08. The summed E-state index contributed by atoms with van der Waals surface area (Å²) in [4.78, 5) is 5.55. The highest BCUT2D eigenvalue weighted by molar-refractivity contribution is 7.10. The van der Waals surface area contributed by atoms with E-state index in [2.05, 4.69) is 11.9 Å². The number of hydrogen-bond acceptors (Lipinski definition) is 3. The average Bonchev–Trinajstić information content (AvgIpc) is 2.61. The molecule has 0 saturated carbocycles. The fraction of sp³-hybridized carbons (Fsp3) is 0.182. The highest BCUT2D eigenvalue weighted by Crippen LogP contribution is 2.36. The number of aromatic nitrogens is 1. The van der Waals surface area contributed by atoms with E-state index >= 15 is 0 Å². The van der Waals surface area contributed by atoms with E-state index in [-0.39, 0.29) is 0 Å². The zero-order chi connectivity index (χ0) is 9.97. The van der Waals surface area contributed by atoms with Crippen LogP contribution in [0.5, 0.6) is 5.75 Å². The molecule has 2 nitrogen and oxygen atoms in total. The summed E-state index contributed by atoms with van der Waals surface area (Å²) >= 11 is 1.69. The van der Waals surface area contributed by atoms with Gasteiger partial charge in [-0.3, -0.25) is 4.98 Å². The Balaban J connectivity index is 2.55.